The van der Waals surface area contributed by atoms with E-state index in [1.165, 1.54) is 12.8 Å². The van der Waals surface area contributed by atoms with Crippen LogP contribution in [-0.2, 0) is 5.75 Å². The van der Waals surface area contributed by atoms with Crippen LogP contribution in [0.1, 0.15) is 35.2 Å². The molecule has 0 spiro atoms. The molecule has 0 unspecified atom stereocenters. The summed E-state index contributed by atoms with van der Waals surface area (Å²) in [5.41, 5.74) is 9.27. The fraction of sp³-hybridized carbons (Fsp3) is 0.320. The molecule has 166 valence electrons. The lowest BCUT2D eigenvalue weighted by Crippen LogP contribution is -2.25. The zero-order valence-corrected chi connectivity index (χ0v) is 19.0. The highest BCUT2D eigenvalue weighted by atomic mass is 32.2. The summed E-state index contributed by atoms with van der Waals surface area (Å²) in [6.45, 7) is 3.24. The van der Waals surface area contributed by atoms with Crippen LogP contribution in [0.25, 0.3) is 11.3 Å². The van der Waals surface area contributed by atoms with Crippen molar-refractivity contribution in [1.82, 2.24) is 15.3 Å². The van der Waals surface area contributed by atoms with Crippen LogP contribution < -0.4 is 16.0 Å². The van der Waals surface area contributed by atoms with Gasteiger partial charge in [0.2, 0.25) is 0 Å². The summed E-state index contributed by atoms with van der Waals surface area (Å²) >= 11 is 1.60. The van der Waals surface area contributed by atoms with E-state index in [1.807, 2.05) is 42.5 Å². The number of anilines is 1. The number of hydrogen-bond acceptors (Lipinski definition) is 6. The van der Waals surface area contributed by atoms with E-state index < -0.39 is 0 Å². The van der Waals surface area contributed by atoms with E-state index in [9.17, 15) is 4.79 Å². The predicted molar refractivity (Wildman–Crippen MR) is 131 cm³/mol. The van der Waals surface area contributed by atoms with Crippen molar-refractivity contribution < 1.29 is 4.79 Å². The van der Waals surface area contributed by atoms with E-state index in [-0.39, 0.29) is 5.91 Å². The summed E-state index contributed by atoms with van der Waals surface area (Å²) in [7, 11) is 0. The lowest BCUT2D eigenvalue weighted by atomic mass is 10.1. The van der Waals surface area contributed by atoms with Gasteiger partial charge >= 0.3 is 0 Å². The fourth-order valence-electron chi connectivity index (χ4n) is 3.70. The lowest BCUT2D eigenvalue weighted by molar-refractivity contribution is 0.0953. The van der Waals surface area contributed by atoms with Gasteiger partial charge in [0.25, 0.3) is 5.91 Å². The number of hydrogen-bond donors (Lipinski definition) is 2. The second-order valence-electron chi connectivity index (χ2n) is 7.84. The Hall–Kier alpha value is -2.90. The molecular formula is C25H29N5OS. The second-order valence-corrected chi connectivity index (χ2v) is 8.78. The van der Waals surface area contributed by atoms with Crippen molar-refractivity contribution in [3.05, 3.63) is 71.8 Å². The highest BCUT2D eigenvalue weighted by molar-refractivity contribution is 7.98. The zero-order valence-electron chi connectivity index (χ0n) is 18.2. The van der Waals surface area contributed by atoms with Crippen molar-refractivity contribution >= 4 is 23.5 Å². The molecule has 0 radical (unpaired) electrons. The highest BCUT2D eigenvalue weighted by Crippen LogP contribution is 2.29. The molecule has 4 rings (SSSR count). The van der Waals surface area contributed by atoms with Crippen LogP contribution >= 0.6 is 11.8 Å². The maximum Gasteiger partial charge on any atom is 0.251 e. The summed E-state index contributed by atoms with van der Waals surface area (Å²) in [6.07, 6.45) is 3.18. The molecule has 1 aromatic heterocycles. The Morgan fingerprint density at radius 3 is 2.62 bits per heavy atom. The van der Waals surface area contributed by atoms with Gasteiger partial charge in [-0.2, -0.15) is 0 Å². The molecule has 7 heteroatoms. The predicted octanol–water partition coefficient (Wildman–Crippen LogP) is 4.11. The third-order valence-electron chi connectivity index (χ3n) is 5.42. The lowest BCUT2D eigenvalue weighted by Gasteiger charge is -2.18. The van der Waals surface area contributed by atoms with E-state index >= 15 is 0 Å². The molecule has 1 aliphatic heterocycles. The van der Waals surface area contributed by atoms with Crippen LogP contribution in [0.15, 0.2) is 65.8 Å². The number of nitrogens with two attached hydrogens (primary N) is 1. The van der Waals surface area contributed by atoms with Gasteiger partial charge < -0.3 is 16.0 Å². The number of carbonyl (C=O) groups is 1. The minimum atomic E-state index is -0.0658. The maximum absolute atomic E-state index is 12.4. The largest absolute Gasteiger partial charge is 0.356 e. The SMILES string of the molecule is NCCCNC(=O)c1cccc(CSc2nc(-c3ccccc3)cc(N3CCCC3)n2)c1. The van der Waals surface area contributed by atoms with Crippen LogP contribution in [0.2, 0.25) is 0 Å². The average Bonchev–Trinajstić information content (AvgIpc) is 3.39. The van der Waals surface area contributed by atoms with Gasteiger partial charge in [-0.05, 0) is 43.5 Å². The summed E-state index contributed by atoms with van der Waals surface area (Å²) in [5.74, 6) is 1.62. The van der Waals surface area contributed by atoms with Gasteiger partial charge in [-0.1, -0.05) is 54.2 Å². The number of rotatable bonds is 9. The number of nitrogens with zero attached hydrogens (tertiary/aromatic N) is 3. The summed E-state index contributed by atoms with van der Waals surface area (Å²) in [4.78, 5) is 24.4. The second kappa shape index (κ2) is 11.1. The van der Waals surface area contributed by atoms with Crippen molar-refractivity contribution in [2.45, 2.75) is 30.2 Å². The first-order chi connectivity index (χ1) is 15.7. The molecule has 3 N–H and O–H groups in total. The first-order valence-corrected chi connectivity index (χ1v) is 12.1. The Morgan fingerprint density at radius 2 is 1.84 bits per heavy atom. The minimum Gasteiger partial charge on any atom is -0.356 e. The Kier molecular flexibility index (Phi) is 7.74. The smallest absolute Gasteiger partial charge is 0.251 e. The highest BCUT2D eigenvalue weighted by Gasteiger charge is 2.17. The Bertz CT molecular complexity index is 1040. The quantitative estimate of drug-likeness (QED) is 0.292. The first kappa shape index (κ1) is 22.3. The van der Waals surface area contributed by atoms with Crippen molar-refractivity contribution in [3.63, 3.8) is 0 Å². The number of amides is 1. The van der Waals surface area contributed by atoms with Crippen molar-refractivity contribution in [2.24, 2.45) is 5.73 Å². The monoisotopic (exact) mass is 447 g/mol. The molecule has 1 fully saturated rings. The number of benzene rings is 2. The molecule has 0 saturated carbocycles. The molecule has 2 aromatic carbocycles. The number of nitrogens with one attached hydrogen (secondary N) is 1. The van der Waals surface area contributed by atoms with Gasteiger partial charge in [0, 0.05) is 42.6 Å². The van der Waals surface area contributed by atoms with E-state index in [1.54, 1.807) is 11.8 Å². The van der Waals surface area contributed by atoms with Crippen LogP contribution in [0, 0.1) is 0 Å². The molecular weight excluding hydrogens is 418 g/mol. The van der Waals surface area contributed by atoms with Crippen LogP contribution in [0.4, 0.5) is 5.82 Å². The summed E-state index contributed by atoms with van der Waals surface area (Å²) < 4.78 is 0. The topological polar surface area (TPSA) is 84.1 Å². The molecule has 2 heterocycles. The van der Waals surface area contributed by atoms with Crippen molar-refractivity contribution in [2.75, 3.05) is 31.1 Å². The molecule has 1 saturated heterocycles. The zero-order chi connectivity index (χ0) is 22.2. The summed E-state index contributed by atoms with van der Waals surface area (Å²) in [5, 5.41) is 3.66. The number of thioether (sulfide) groups is 1. The maximum atomic E-state index is 12.4. The molecule has 0 atom stereocenters. The van der Waals surface area contributed by atoms with Gasteiger partial charge in [-0.3, -0.25) is 4.79 Å². The molecule has 0 aliphatic carbocycles. The molecule has 32 heavy (non-hydrogen) atoms. The minimum absolute atomic E-state index is 0.0658. The van der Waals surface area contributed by atoms with Gasteiger partial charge in [0.05, 0.1) is 5.69 Å². The average molecular weight is 448 g/mol. The molecule has 1 amide bonds. The molecule has 0 bridgehead atoms. The fourth-order valence-corrected chi connectivity index (χ4v) is 4.50. The Labute approximate surface area is 193 Å². The van der Waals surface area contributed by atoms with Crippen molar-refractivity contribution in [1.29, 1.82) is 0 Å². The molecule has 3 aromatic rings. The third-order valence-corrected chi connectivity index (χ3v) is 6.33. The van der Waals surface area contributed by atoms with Gasteiger partial charge in [0.1, 0.15) is 5.82 Å². The van der Waals surface area contributed by atoms with E-state index in [0.29, 0.717) is 24.4 Å². The van der Waals surface area contributed by atoms with E-state index in [4.69, 9.17) is 15.7 Å². The van der Waals surface area contributed by atoms with Gasteiger partial charge in [-0.15, -0.1) is 0 Å². The Morgan fingerprint density at radius 1 is 1.03 bits per heavy atom. The van der Waals surface area contributed by atoms with Crippen molar-refractivity contribution in [3.8, 4) is 11.3 Å². The molecule has 6 nitrogen and oxygen atoms in total. The van der Waals surface area contributed by atoms with E-state index in [2.05, 4.69) is 28.4 Å². The van der Waals surface area contributed by atoms with Crippen LogP contribution in [0.5, 0.6) is 0 Å². The number of carbonyl (C=O) groups excluding carboxylic acids is 1. The molecule has 1 aliphatic rings. The van der Waals surface area contributed by atoms with E-state index in [0.717, 1.165) is 47.3 Å². The standard InChI is InChI=1S/C25H29N5OS/c26-12-7-13-27-24(31)21-11-6-8-19(16-21)18-32-25-28-22(20-9-2-1-3-10-20)17-23(29-25)30-14-4-5-15-30/h1-3,6,8-11,16-17H,4-5,7,12-15,18,26H2,(H,27,31). The van der Waals surface area contributed by atoms with Gasteiger partial charge in [-0.25, -0.2) is 9.97 Å². The first-order valence-electron chi connectivity index (χ1n) is 11.1. The summed E-state index contributed by atoms with van der Waals surface area (Å²) in [6, 6.07) is 20.1. The van der Waals surface area contributed by atoms with Crippen LogP contribution in [-0.4, -0.2) is 42.1 Å². The Balaban J connectivity index is 1.51. The third kappa shape index (κ3) is 5.87. The normalized spacial score (nSPS) is 13.3. The van der Waals surface area contributed by atoms with Gasteiger partial charge in [0.15, 0.2) is 5.16 Å². The number of aromatic nitrogens is 2. The van der Waals surface area contributed by atoms with Crippen LogP contribution in [0.3, 0.4) is 0 Å².